The van der Waals surface area contributed by atoms with Crippen molar-refractivity contribution in [1.29, 1.82) is 0 Å². The van der Waals surface area contributed by atoms with E-state index >= 15 is 0 Å². The lowest BCUT2D eigenvalue weighted by Crippen LogP contribution is -2.30. The molecule has 0 saturated heterocycles. The van der Waals surface area contributed by atoms with Gasteiger partial charge < -0.3 is 14.8 Å². The summed E-state index contributed by atoms with van der Waals surface area (Å²) in [6.07, 6.45) is 2.34. The van der Waals surface area contributed by atoms with Crippen molar-refractivity contribution in [2.75, 3.05) is 11.9 Å². The van der Waals surface area contributed by atoms with Crippen LogP contribution in [0.25, 0.3) is 0 Å². The van der Waals surface area contributed by atoms with E-state index in [1.807, 2.05) is 13.8 Å². The van der Waals surface area contributed by atoms with E-state index in [1.165, 1.54) is 0 Å². The van der Waals surface area contributed by atoms with Crippen LogP contribution in [0.4, 0.5) is 5.69 Å². The number of hydrogen-bond donors (Lipinski definition) is 1. The van der Waals surface area contributed by atoms with Gasteiger partial charge in [-0.2, -0.15) is 5.10 Å². The molecule has 7 heteroatoms. The minimum absolute atomic E-state index is 0.370. The standard InChI is InChI=1S/C21H29N3O4/c1-6-7-8-13-27-18-11-9-17(10-12-18)21(26)28-16(4)20(25)22-19-14(2)23-24(5)15(19)3/h9-12,16H,6-8,13H2,1-5H3,(H,22,25). The molecule has 0 aliphatic heterocycles. The molecule has 1 heterocycles. The van der Waals surface area contributed by atoms with Gasteiger partial charge in [0.25, 0.3) is 5.91 Å². The fourth-order valence-electron chi connectivity index (χ4n) is 2.69. The van der Waals surface area contributed by atoms with E-state index in [0.717, 1.165) is 25.0 Å². The van der Waals surface area contributed by atoms with Crippen LogP contribution in [-0.4, -0.2) is 34.4 Å². The van der Waals surface area contributed by atoms with Crippen LogP contribution in [0, 0.1) is 13.8 Å². The third-order valence-electron chi connectivity index (χ3n) is 4.52. The number of ether oxygens (including phenoxy) is 2. The summed E-state index contributed by atoms with van der Waals surface area (Å²) < 4.78 is 12.6. The first-order valence-electron chi connectivity index (χ1n) is 9.58. The molecule has 1 amide bonds. The Morgan fingerprint density at radius 1 is 1.18 bits per heavy atom. The Morgan fingerprint density at radius 2 is 1.86 bits per heavy atom. The van der Waals surface area contributed by atoms with Crippen LogP contribution in [0.2, 0.25) is 0 Å². The maximum absolute atomic E-state index is 12.4. The molecule has 28 heavy (non-hydrogen) atoms. The third-order valence-corrected chi connectivity index (χ3v) is 4.52. The number of rotatable bonds is 9. The summed E-state index contributed by atoms with van der Waals surface area (Å²) in [6.45, 7) is 8.01. The van der Waals surface area contributed by atoms with Crippen molar-refractivity contribution in [1.82, 2.24) is 9.78 Å². The zero-order chi connectivity index (χ0) is 20.7. The number of aromatic nitrogens is 2. The van der Waals surface area contributed by atoms with Crippen LogP contribution in [0.1, 0.15) is 54.9 Å². The molecule has 0 radical (unpaired) electrons. The summed E-state index contributed by atoms with van der Waals surface area (Å²) in [5, 5.41) is 7.03. The number of amides is 1. The Kier molecular flexibility index (Phi) is 7.61. The van der Waals surface area contributed by atoms with Crippen LogP contribution in [0.5, 0.6) is 5.75 Å². The molecule has 0 bridgehead atoms. The first kappa shape index (κ1) is 21.5. The van der Waals surface area contributed by atoms with Gasteiger partial charge in [0, 0.05) is 7.05 Å². The van der Waals surface area contributed by atoms with Gasteiger partial charge in [0.1, 0.15) is 5.75 Å². The Morgan fingerprint density at radius 3 is 2.43 bits per heavy atom. The lowest BCUT2D eigenvalue weighted by Gasteiger charge is -2.14. The van der Waals surface area contributed by atoms with Crippen molar-refractivity contribution >= 4 is 17.6 Å². The van der Waals surface area contributed by atoms with Crippen LogP contribution in [0.15, 0.2) is 24.3 Å². The van der Waals surface area contributed by atoms with Crippen molar-refractivity contribution in [2.24, 2.45) is 7.05 Å². The predicted octanol–water partition coefficient (Wildman–Crippen LogP) is 3.79. The first-order chi connectivity index (χ1) is 13.3. The Hall–Kier alpha value is -2.83. The molecular weight excluding hydrogens is 358 g/mol. The van der Waals surface area contributed by atoms with E-state index in [2.05, 4.69) is 17.3 Å². The van der Waals surface area contributed by atoms with E-state index in [4.69, 9.17) is 9.47 Å². The van der Waals surface area contributed by atoms with Gasteiger partial charge in [0.2, 0.25) is 0 Å². The molecule has 0 fully saturated rings. The number of esters is 1. The second-order valence-corrected chi connectivity index (χ2v) is 6.79. The molecule has 1 unspecified atom stereocenters. The highest BCUT2D eigenvalue weighted by Gasteiger charge is 2.21. The van der Waals surface area contributed by atoms with Gasteiger partial charge in [0.05, 0.1) is 29.2 Å². The highest BCUT2D eigenvalue weighted by molar-refractivity contribution is 5.98. The number of aryl methyl sites for hydroxylation is 2. The molecule has 1 aromatic carbocycles. The summed E-state index contributed by atoms with van der Waals surface area (Å²) in [7, 11) is 1.80. The monoisotopic (exact) mass is 387 g/mol. The number of hydrogen-bond acceptors (Lipinski definition) is 5. The topological polar surface area (TPSA) is 82.4 Å². The van der Waals surface area contributed by atoms with Crippen molar-refractivity contribution in [3.8, 4) is 5.75 Å². The van der Waals surface area contributed by atoms with Gasteiger partial charge in [-0.15, -0.1) is 0 Å². The van der Waals surface area contributed by atoms with E-state index < -0.39 is 18.0 Å². The van der Waals surface area contributed by atoms with Crippen LogP contribution >= 0.6 is 0 Å². The highest BCUT2D eigenvalue weighted by atomic mass is 16.5. The molecule has 2 rings (SSSR count). The summed E-state index contributed by atoms with van der Waals surface area (Å²) >= 11 is 0. The SMILES string of the molecule is CCCCCOc1ccc(C(=O)OC(C)C(=O)Nc2c(C)nn(C)c2C)cc1. The molecule has 152 valence electrons. The van der Waals surface area contributed by atoms with E-state index in [-0.39, 0.29) is 0 Å². The molecule has 1 N–H and O–H groups in total. The number of benzene rings is 1. The average Bonchev–Trinajstić information content (AvgIpc) is 2.91. The Balaban J connectivity index is 1.89. The van der Waals surface area contributed by atoms with E-state index in [1.54, 1.807) is 42.9 Å². The molecule has 0 spiro atoms. The Bertz CT molecular complexity index is 812. The van der Waals surface area contributed by atoms with Crippen molar-refractivity contribution < 1.29 is 19.1 Å². The lowest BCUT2D eigenvalue weighted by molar-refractivity contribution is -0.123. The van der Waals surface area contributed by atoms with Gasteiger partial charge in [-0.25, -0.2) is 4.79 Å². The molecule has 0 saturated carbocycles. The fraction of sp³-hybridized carbons (Fsp3) is 0.476. The molecule has 1 atom stereocenters. The minimum atomic E-state index is -0.934. The van der Waals surface area contributed by atoms with Crippen molar-refractivity contribution in [2.45, 2.75) is 53.1 Å². The zero-order valence-corrected chi connectivity index (χ0v) is 17.2. The van der Waals surface area contributed by atoms with Crippen LogP contribution < -0.4 is 10.1 Å². The van der Waals surface area contributed by atoms with E-state index in [0.29, 0.717) is 29.3 Å². The quantitative estimate of drug-likeness (QED) is 0.523. The summed E-state index contributed by atoms with van der Waals surface area (Å²) in [4.78, 5) is 24.7. The Labute approximate surface area is 166 Å². The molecule has 0 aliphatic rings. The molecule has 0 aliphatic carbocycles. The van der Waals surface area contributed by atoms with Crippen molar-refractivity contribution in [3.05, 3.63) is 41.2 Å². The van der Waals surface area contributed by atoms with Gasteiger partial charge in [-0.05, 0) is 51.5 Å². The number of nitrogens with zero attached hydrogens (tertiary/aromatic N) is 2. The summed E-state index contributed by atoms with van der Waals surface area (Å²) in [5.74, 6) is -0.246. The minimum Gasteiger partial charge on any atom is -0.494 e. The highest BCUT2D eigenvalue weighted by Crippen LogP contribution is 2.19. The van der Waals surface area contributed by atoms with Gasteiger partial charge in [-0.1, -0.05) is 19.8 Å². The zero-order valence-electron chi connectivity index (χ0n) is 17.2. The van der Waals surface area contributed by atoms with Gasteiger partial charge in [-0.3, -0.25) is 9.48 Å². The van der Waals surface area contributed by atoms with Gasteiger partial charge in [0.15, 0.2) is 6.10 Å². The molecule has 1 aromatic heterocycles. The largest absolute Gasteiger partial charge is 0.494 e. The lowest BCUT2D eigenvalue weighted by atomic mass is 10.2. The number of carbonyl (C=O) groups excluding carboxylic acids is 2. The average molecular weight is 387 g/mol. The third kappa shape index (κ3) is 5.58. The number of nitrogens with one attached hydrogen (secondary N) is 1. The normalized spacial score (nSPS) is 11.8. The molecule has 2 aromatic rings. The number of anilines is 1. The second kappa shape index (κ2) is 9.92. The molecular formula is C21H29N3O4. The number of unbranched alkanes of at least 4 members (excludes halogenated alkanes) is 2. The number of carbonyl (C=O) groups is 2. The smallest absolute Gasteiger partial charge is 0.338 e. The summed E-state index contributed by atoms with van der Waals surface area (Å²) in [5.41, 5.74) is 2.55. The second-order valence-electron chi connectivity index (χ2n) is 6.79. The van der Waals surface area contributed by atoms with Gasteiger partial charge >= 0.3 is 5.97 Å². The first-order valence-corrected chi connectivity index (χ1v) is 9.58. The predicted molar refractivity (Wildman–Crippen MR) is 108 cm³/mol. The maximum Gasteiger partial charge on any atom is 0.338 e. The van der Waals surface area contributed by atoms with E-state index in [9.17, 15) is 9.59 Å². The molecule has 7 nitrogen and oxygen atoms in total. The maximum atomic E-state index is 12.4. The fourth-order valence-corrected chi connectivity index (χ4v) is 2.69. The van der Waals surface area contributed by atoms with Crippen LogP contribution in [-0.2, 0) is 16.6 Å². The van der Waals surface area contributed by atoms with Crippen molar-refractivity contribution in [3.63, 3.8) is 0 Å². The van der Waals surface area contributed by atoms with Crippen LogP contribution in [0.3, 0.4) is 0 Å². The summed E-state index contributed by atoms with van der Waals surface area (Å²) in [6, 6.07) is 6.74.